The van der Waals surface area contributed by atoms with Gasteiger partial charge in [-0.3, -0.25) is 19.3 Å². The van der Waals surface area contributed by atoms with Gasteiger partial charge in [0.1, 0.15) is 22.8 Å². The number of amides is 3. The molecule has 2 fully saturated rings. The number of thioether (sulfide) groups is 1. The largest absolute Gasteiger partial charge is 0.491 e. The number of nitrogens with one attached hydrogen (secondary N) is 1. The predicted octanol–water partition coefficient (Wildman–Crippen LogP) is 1.05. The lowest BCUT2D eigenvalue weighted by molar-refractivity contribution is -0.201. The second-order valence-corrected chi connectivity index (χ2v) is 13.9. The molecular formula is C26H21F3N6O9S3. The third-order valence-electron chi connectivity index (χ3n) is 7.02. The van der Waals surface area contributed by atoms with Gasteiger partial charge >= 0.3 is 18.1 Å². The first-order valence-corrected chi connectivity index (χ1v) is 16.5. The lowest BCUT2D eigenvalue weighted by atomic mass is 10.0. The Morgan fingerprint density at radius 3 is 2.49 bits per heavy atom. The average molecular weight is 715 g/mol. The molecule has 3 amide bonds. The Balaban J connectivity index is 1.44. The van der Waals surface area contributed by atoms with Crippen molar-refractivity contribution in [3.63, 3.8) is 0 Å². The number of aromatic nitrogens is 1. The average Bonchev–Trinajstić information content (AvgIpc) is 3.60. The molecule has 0 unspecified atom stereocenters. The minimum absolute atomic E-state index is 0.0441. The van der Waals surface area contributed by atoms with Crippen LogP contribution in [0.15, 0.2) is 62.6 Å². The molecule has 0 bridgehead atoms. The number of halogens is 3. The monoisotopic (exact) mass is 714 g/mol. The number of β-lactam (4-membered cyclic amide) rings is 1. The normalized spacial score (nSPS) is 21.1. The summed E-state index contributed by atoms with van der Waals surface area (Å²) >= 11 is 1.85. The number of thiazole rings is 1. The zero-order chi connectivity index (χ0) is 34.4. The number of oxime groups is 1. The van der Waals surface area contributed by atoms with Gasteiger partial charge in [-0.1, -0.05) is 22.9 Å². The minimum Gasteiger partial charge on any atom is -0.410 e. The Morgan fingerprint density at radius 1 is 1.21 bits per heavy atom. The Bertz CT molecular complexity index is 1910. The first kappa shape index (κ1) is 33.6. The van der Waals surface area contributed by atoms with Crippen molar-refractivity contribution in [1.82, 2.24) is 19.5 Å². The zero-order valence-electron chi connectivity index (χ0n) is 23.7. The molecule has 4 heterocycles. The number of carbonyl (C=O) groups is 5. The summed E-state index contributed by atoms with van der Waals surface area (Å²) in [4.78, 5) is 68.1. The van der Waals surface area contributed by atoms with Crippen LogP contribution in [0.4, 0.5) is 18.3 Å². The number of ether oxygens (including phenoxy) is 1. The summed E-state index contributed by atoms with van der Waals surface area (Å²) in [6.45, 7) is 1.45. The van der Waals surface area contributed by atoms with Crippen LogP contribution in [0.25, 0.3) is 0 Å². The summed E-state index contributed by atoms with van der Waals surface area (Å²) in [5.74, 6) is -8.05. The number of nitrogens with zero attached hydrogens (tertiary/aromatic N) is 4. The Kier molecular flexibility index (Phi) is 8.90. The number of benzene rings is 1. The van der Waals surface area contributed by atoms with Gasteiger partial charge in [0.25, 0.3) is 27.7 Å². The van der Waals surface area contributed by atoms with Gasteiger partial charge in [-0.15, -0.1) is 23.1 Å². The quantitative estimate of drug-likeness (QED) is 0.0697. The van der Waals surface area contributed by atoms with E-state index in [1.165, 1.54) is 29.6 Å². The molecule has 0 radical (unpaired) electrons. The van der Waals surface area contributed by atoms with Crippen molar-refractivity contribution in [2.45, 2.75) is 35.8 Å². The summed E-state index contributed by atoms with van der Waals surface area (Å²) < 4.78 is 69.7. The number of anilines is 1. The van der Waals surface area contributed by atoms with E-state index >= 15 is 0 Å². The van der Waals surface area contributed by atoms with E-state index in [1.807, 2.05) is 0 Å². The molecule has 47 heavy (non-hydrogen) atoms. The standard InChI is InChI=1S/C26H21F3N6O9S3/c1-11-2-4-14(5-3-11)47(42,43)34-7-6-12(20(34)37)8-13-9-45-22-17(32-19(36)16(33-41)15-10-46-25(30)31-15)21(38)35(22)18(13)23(39)44-24(40)26(27,28)29/h2-5,8,10,17,22,41H,6-7,9H2,1H3,(H2,30,31)(H,32,36)/b12-8?,33-16-/t17-,22-/m1/s1. The molecule has 0 aliphatic carbocycles. The SMILES string of the molecule is Cc1ccc(S(=O)(=O)N2CCC(=CC3=C(C(=O)OC(=O)C(F)(F)F)N4C(=O)[C@@H](NC(=O)/C(=N\O)c5csc(N)n5)[C@H]4SC3)C2=O)cc1. The fourth-order valence-electron chi connectivity index (χ4n) is 4.75. The highest BCUT2D eigenvalue weighted by Crippen LogP contribution is 2.42. The van der Waals surface area contributed by atoms with Gasteiger partial charge in [0, 0.05) is 23.3 Å². The van der Waals surface area contributed by atoms with Crippen LogP contribution in [-0.4, -0.2) is 93.1 Å². The molecule has 4 N–H and O–H groups in total. The number of esters is 2. The van der Waals surface area contributed by atoms with Crippen molar-refractivity contribution in [2.75, 3.05) is 18.0 Å². The number of fused-ring (bicyclic) bond motifs is 1. The molecule has 248 valence electrons. The Hall–Kier alpha value is -4.76. The van der Waals surface area contributed by atoms with Crippen LogP contribution < -0.4 is 11.1 Å². The fourth-order valence-corrected chi connectivity index (χ4v) is 8.01. The van der Waals surface area contributed by atoms with Crippen molar-refractivity contribution >= 4 is 73.6 Å². The second-order valence-electron chi connectivity index (χ2n) is 10.0. The molecule has 2 saturated heterocycles. The first-order valence-electron chi connectivity index (χ1n) is 13.1. The number of nitrogen functional groups attached to an aromatic ring is 1. The van der Waals surface area contributed by atoms with Crippen LogP contribution in [0.2, 0.25) is 0 Å². The van der Waals surface area contributed by atoms with E-state index in [9.17, 15) is 50.8 Å². The molecule has 2 atom stereocenters. The number of sulfonamides is 1. The molecule has 5 rings (SSSR count). The predicted molar refractivity (Wildman–Crippen MR) is 157 cm³/mol. The van der Waals surface area contributed by atoms with E-state index in [4.69, 9.17) is 5.73 Å². The summed E-state index contributed by atoms with van der Waals surface area (Å²) in [6, 6.07) is 4.32. The van der Waals surface area contributed by atoms with Crippen LogP contribution in [0.3, 0.4) is 0 Å². The molecular weight excluding hydrogens is 694 g/mol. The lowest BCUT2D eigenvalue weighted by Gasteiger charge is -2.49. The maximum absolute atomic E-state index is 13.2. The molecule has 15 nitrogen and oxygen atoms in total. The molecule has 3 aliphatic rings. The van der Waals surface area contributed by atoms with E-state index in [-0.39, 0.29) is 45.6 Å². The topological polar surface area (TPSA) is 219 Å². The summed E-state index contributed by atoms with van der Waals surface area (Å²) in [6.07, 6.45) is -4.66. The molecule has 1 aromatic carbocycles. The minimum atomic E-state index is -5.57. The van der Waals surface area contributed by atoms with E-state index in [0.717, 1.165) is 34.7 Å². The number of rotatable bonds is 7. The number of allylic oxidation sites excluding steroid dienone is 1. The van der Waals surface area contributed by atoms with Crippen molar-refractivity contribution in [2.24, 2.45) is 5.16 Å². The van der Waals surface area contributed by atoms with Crippen molar-refractivity contribution in [3.8, 4) is 0 Å². The van der Waals surface area contributed by atoms with Gasteiger partial charge in [0.2, 0.25) is 0 Å². The molecule has 21 heteroatoms. The molecule has 3 aliphatic heterocycles. The van der Waals surface area contributed by atoms with E-state index in [2.05, 4.69) is 20.2 Å². The molecule has 0 saturated carbocycles. The lowest BCUT2D eigenvalue weighted by Crippen LogP contribution is -2.71. The van der Waals surface area contributed by atoms with Crippen LogP contribution in [0.5, 0.6) is 0 Å². The Labute approximate surface area is 271 Å². The number of hydrogen-bond donors (Lipinski definition) is 3. The molecule has 2 aromatic rings. The molecule has 0 spiro atoms. The number of nitrogens with two attached hydrogens (primary N) is 1. The number of alkyl halides is 3. The van der Waals surface area contributed by atoms with E-state index < -0.39 is 68.7 Å². The highest BCUT2D eigenvalue weighted by Gasteiger charge is 2.55. The van der Waals surface area contributed by atoms with Gasteiger partial charge in [-0.2, -0.15) is 13.2 Å². The van der Waals surface area contributed by atoms with E-state index in [1.54, 1.807) is 6.92 Å². The Morgan fingerprint density at radius 2 is 1.89 bits per heavy atom. The highest BCUT2D eigenvalue weighted by atomic mass is 32.2. The number of hydrogen-bond acceptors (Lipinski definition) is 14. The maximum Gasteiger partial charge on any atom is 0.491 e. The maximum atomic E-state index is 13.2. The van der Waals surface area contributed by atoms with Crippen LogP contribution in [0.1, 0.15) is 17.7 Å². The fraction of sp³-hybridized carbons (Fsp3) is 0.269. The first-order chi connectivity index (χ1) is 22.0. The van der Waals surface area contributed by atoms with Gasteiger partial charge in [-0.25, -0.2) is 27.3 Å². The van der Waals surface area contributed by atoms with Gasteiger partial charge in [-0.05, 0) is 37.1 Å². The third-order valence-corrected chi connectivity index (χ3v) is 10.8. The summed E-state index contributed by atoms with van der Waals surface area (Å²) in [5, 5.41) is 14.8. The van der Waals surface area contributed by atoms with Crippen molar-refractivity contribution in [1.29, 1.82) is 0 Å². The van der Waals surface area contributed by atoms with Crippen LogP contribution in [0, 0.1) is 6.92 Å². The summed E-state index contributed by atoms with van der Waals surface area (Å²) in [5.41, 5.74) is 4.42. The van der Waals surface area contributed by atoms with Gasteiger partial charge < -0.3 is 21.0 Å². The van der Waals surface area contributed by atoms with Crippen LogP contribution in [-0.2, 0) is 38.7 Å². The van der Waals surface area contributed by atoms with Crippen molar-refractivity contribution in [3.05, 3.63) is 63.8 Å². The van der Waals surface area contributed by atoms with Crippen LogP contribution >= 0.6 is 23.1 Å². The number of carbonyl (C=O) groups excluding carboxylic acids is 5. The second kappa shape index (κ2) is 12.4. The smallest absolute Gasteiger partial charge is 0.410 e. The van der Waals surface area contributed by atoms with E-state index in [0.29, 0.717) is 9.21 Å². The third kappa shape index (κ3) is 6.32. The van der Waals surface area contributed by atoms with Crippen molar-refractivity contribution < 1.29 is 55.5 Å². The van der Waals surface area contributed by atoms with Gasteiger partial charge in [0.05, 0.1) is 4.90 Å². The zero-order valence-corrected chi connectivity index (χ0v) is 26.1. The highest BCUT2D eigenvalue weighted by molar-refractivity contribution is 8.00. The number of aryl methyl sites for hydroxylation is 1. The molecule has 1 aromatic heterocycles. The van der Waals surface area contributed by atoms with Gasteiger partial charge in [0.15, 0.2) is 10.8 Å². The summed E-state index contributed by atoms with van der Waals surface area (Å²) in [7, 11) is -4.29.